The third-order valence-electron chi connectivity index (χ3n) is 5.48. The summed E-state index contributed by atoms with van der Waals surface area (Å²) in [6, 6.07) is 0. The van der Waals surface area contributed by atoms with Crippen LogP contribution in [0.2, 0.25) is 0 Å². The van der Waals surface area contributed by atoms with Crippen LogP contribution in [0.3, 0.4) is 0 Å². The minimum atomic E-state index is -0.554. The van der Waals surface area contributed by atoms with Gasteiger partial charge in [0.15, 0.2) is 0 Å². The molecule has 0 radical (unpaired) electrons. The van der Waals surface area contributed by atoms with E-state index >= 15 is 0 Å². The first-order chi connectivity index (χ1) is 7.66. The van der Waals surface area contributed by atoms with Gasteiger partial charge in [0, 0.05) is 0 Å². The minimum Gasteiger partial charge on any atom is -0.481 e. The maximum atomic E-state index is 11.8. The van der Waals surface area contributed by atoms with Crippen molar-refractivity contribution in [3.63, 3.8) is 0 Å². The van der Waals surface area contributed by atoms with E-state index in [1.807, 2.05) is 6.08 Å². The van der Waals surface area contributed by atoms with Gasteiger partial charge in [0.05, 0.1) is 5.41 Å². The molecule has 0 aromatic rings. The molecule has 4 aliphatic carbocycles. The molecule has 0 atom stereocenters. The molecule has 0 aliphatic heterocycles. The summed E-state index contributed by atoms with van der Waals surface area (Å²) in [5, 5.41) is 9.68. The van der Waals surface area contributed by atoms with Crippen LogP contribution in [0.15, 0.2) is 12.7 Å². The molecule has 2 nitrogen and oxygen atoms in total. The Balaban J connectivity index is 1.99. The first-order valence-electron chi connectivity index (χ1n) is 6.51. The van der Waals surface area contributed by atoms with Crippen molar-refractivity contribution >= 4 is 5.97 Å². The molecule has 0 saturated heterocycles. The zero-order valence-corrected chi connectivity index (χ0v) is 9.69. The molecule has 0 heterocycles. The Morgan fingerprint density at radius 2 is 1.69 bits per heavy atom. The van der Waals surface area contributed by atoms with Crippen LogP contribution in [0.5, 0.6) is 0 Å². The molecule has 0 aromatic heterocycles. The van der Waals surface area contributed by atoms with Gasteiger partial charge in [-0.1, -0.05) is 6.08 Å². The second kappa shape index (κ2) is 3.35. The number of rotatable bonds is 3. The lowest BCUT2D eigenvalue weighted by atomic mass is 9.44. The summed E-state index contributed by atoms with van der Waals surface area (Å²) in [6.07, 6.45) is 8.52. The Morgan fingerprint density at radius 3 is 2.06 bits per heavy atom. The number of carbonyl (C=O) groups is 1. The molecule has 0 aromatic carbocycles. The largest absolute Gasteiger partial charge is 0.481 e. The minimum absolute atomic E-state index is 0.430. The smallest absolute Gasteiger partial charge is 0.310 e. The van der Waals surface area contributed by atoms with Gasteiger partial charge in [-0.3, -0.25) is 4.79 Å². The molecule has 16 heavy (non-hydrogen) atoms. The van der Waals surface area contributed by atoms with E-state index in [2.05, 4.69) is 6.58 Å². The Hall–Kier alpha value is -0.790. The van der Waals surface area contributed by atoms with Crippen molar-refractivity contribution < 1.29 is 9.90 Å². The van der Waals surface area contributed by atoms with Crippen molar-refractivity contribution in [2.45, 2.75) is 38.5 Å². The van der Waals surface area contributed by atoms with Gasteiger partial charge in [-0.25, -0.2) is 0 Å². The maximum absolute atomic E-state index is 11.8. The van der Waals surface area contributed by atoms with E-state index in [9.17, 15) is 9.90 Å². The quantitative estimate of drug-likeness (QED) is 0.742. The fraction of sp³-hybridized carbons (Fsp3) is 0.786. The summed E-state index contributed by atoms with van der Waals surface area (Å²) in [6.45, 7) is 3.78. The van der Waals surface area contributed by atoms with Crippen molar-refractivity contribution in [3.8, 4) is 0 Å². The normalized spacial score (nSPS) is 49.2. The van der Waals surface area contributed by atoms with Crippen molar-refractivity contribution in [2.75, 3.05) is 0 Å². The van der Waals surface area contributed by atoms with Crippen LogP contribution in [0.4, 0.5) is 0 Å². The molecular formula is C14H20O2. The SMILES string of the molecule is C=CCC1(C(=O)O)C2CC3CC(C2)CC1C3. The van der Waals surface area contributed by atoms with Crippen molar-refractivity contribution in [1.82, 2.24) is 0 Å². The standard InChI is InChI=1S/C14H20O2/c1-2-3-14(13(15)16)11-5-9-4-10(7-11)8-12(14)6-9/h2,9-12H,1,3-8H2,(H,15,16). The highest BCUT2D eigenvalue weighted by Crippen LogP contribution is 2.63. The average Bonchev–Trinajstić information content (AvgIpc) is 2.22. The number of carboxylic acid groups (broad SMARTS) is 1. The average molecular weight is 220 g/mol. The van der Waals surface area contributed by atoms with E-state index in [0.29, 0.717) is 18.3 Å². The molecule has 88 valence electrons. The lowest BCUT2D eigenvalue weighted by molar-refractivity contribution is -0.177. The van der Waals surface area contributed by atoms with E-state index in [0.717, 1.165) is 37.5 Å². The Labute approximate surface area is 96.7 Å². The van der Waals surface area contributed by atoms with Crippen LogP contribution >= 0.6 is 0 Å². The number of hydrogen-bond acceptors (Lipinski definition) is 1. The van der Waals surface area contributed by atoms with E-state index in [1.54, 1.807) is 0 Å². The molecule has 0 unspecified atom stereocenters. The summed E-state index contributed by atoms with van der Waals surface area (Å²) in [5.41, 5.74) is -0.449. The number of carboxylic acids is 1. The van der Waals surface area contributed by atoms with Gasteiger partial charge in [0.25, 0.3) is 0 Å². The molecule has 4 aliphatic rings. The summed E-state index contributed by atoms with van der Waals surface area (Å²) < 4.78 is 0. The van der Waals surface area contributed by atoms with Gasteiger partial charge >= 0.3 is 5.97 Å². The number of hydrogen-bond donors (Lipinski definition) is 1. The van der Waals surface area contributed by atoms with Crippen LogP contribution in [0, 0.1) is 29.1 Å². The summed E-state index contributed by atoms with van der Waals surface area (Å²) in [4.78, 5) is 11.8. The van der Waals surface area contributed by atoms with Gasteiger partial charge < -0.3 is 5.11 Å². The van der Waals surface area contributed by atoms with E-state index in [4.69, 9.17) is 0 Å². The zero-order chi connectivity index (χ0) is 11.3. The fourth-order valence-corrected chi connectivity index (χ4v) is 5.03. The Kier molecular flexibility index (Phi) is 2.17. The predicted octanol–water partition coefficient (Wildman–Crippen LogP) is 3.09. The van der Waals surface area contributed by atoms with Crippen molar-refractivity contribution in [1.29, 1.82) is 0 Å². The third kappa shape index (κ3) is 1.16. The Morgan fingerprint density at radius 1 is 1.19 bits per heavy atom. The van der Waals surface area contributed by atoms with Gasteiger partial charge in [-0.15, -0.1) is 6.58 Å². The summed E-state index contributed by atoms with van der Waals surface area (Å²) in [7, 11) is 0. The first kappa shape index (κ1) is 10.4. The van der Waals surface area contributed by atoms with Gasteiger partial charge in [0.2, 0.25) is 0 Å². The first-order valence-corrected chi connectivity index (χ1v) is 6.51. The van der Waals surface area contributed by atoms with Crippen LogP contribution in [0.1, 0.15) is 38.5 Å². The summed E-state index contributed by atoms with van der Waals surface area (Å²) in [5.74, 6) is 1.97. The predicted molar refractivity (Wildman–Crippen MR) is 61.9 cm³/mol. The van der Waals surface area contributed by atoms with E-state index in [-0.39, 0.29) is 0 Å². The number of aliphatic carboxylic acids is 1. The molecule has 4 rings (SSSR count). The second-order valence-corrected chi connectivity index (χ2v) is 6.14. The van der Waals surface area contributed by atoms with Gasteiger partial charge in [-0.05, 0) is 62.2 Å². The molecule has 4 fully saturated rings. The Bertz CT molecular complexity index is 304. The summed E-state index contributed by atoms with van der Waals surface area (Å²) >= 11 is 0. The zero-order valence-electron chi connectivity index (χ0n) is 9.69. The van der Waals surface area contributed by atoms with Gasteiger partial charge in [-0.2, -0.15) is 0 Å². The number of allylic oxidation sites excluding steroid dienone is 1. The van der Waals surface area contributed by atoms with Gasteiger partial charge in [0.1, 0.15) is 0 Å². The van der Waals surface area contributed by atoms with Crippen LogP contribution in [-0.4, -0.2) is 11.1 Å². The molecule has 4 saturated carbocycles. The van der Waals surface area contributed by atoms with Crippen LogP contribution in [0.25, 0.3) is 0 Å². The molecule has 0 spiro atoms. The van der Waals surface area contributed by atoms with E-state index < -0.39 is 11.4 Å². The van der Waals surface area contributed by atoms with Crippen LogP contribution < -0.4 is 0 Å². The highest BCUT2D eigenvalue weighted by atomic mass is 16.4. The van der Waals surface area contributed by atoms with E-state index in [1.165, 1.54) is 6.42 Å². The molecule has 0 amide bonds. The monoisotopic (exact) mass is 220 g/mol. The van der Waals surface area contributed by atoms with Crippen molar-refractivity contribution in [3.05, 3.63) is 12.7 Å². The third-order valence-corrected chi connectivity index (χ3v) is 5.48. The molecule has 1 N–H and O–H groups in total. The van der Waals surface area contributed by atoms with Crippen LogP contribution in [-0.2, 0) is 4.79 Å². The van der Waals surface area contributed by atoms with Crippen molar-refractivity contribution in [2.24, 2.45) is 29.1 Å². The molecule has 4 bridgehead atoms. The maximum Gasteiger partial charge on any atom is 0.310 e. The second-order valence-electron chi connectivity index (χ2n) is 6.14. The highest BCUT2D eigenvalue weighted by molar-refractivity contribution is 5.76. The fourth-order valence-electron chi connectivity index (χ4n) is 5.03. The highest BCUT2D eigenvalue weighted by Gasteiger charge is 2.60. The topological polar surface area (TPSA) is 37.3 Å². The molecular weight excluding hydrogens is 200 g/mol. The molecule has 2 heteroatoms. The lowest BCUT2D eigenvalue weighted by Crippen LogP contribution is -2.56. The lowest BCUT2D eigenvalue weighted by Gasteiger charge is -2.59.